The topological polar surface area (TPSA) is 164 Å². The molecule has 1 saturated heterocycles. The fourth-order valence-electron chi connectivity index (χ4n) is 3.72. The summed E-state index contributed by atoms with van der Waals surface area (Å²) in [5.74, 6) is -0.605. The van der Waals surface area contributed by atoms with Crippen LogP contribution in [0.25, 0.3) is 0 Å². The second kappa shape index (κ2) is 10.5. The molecule has 0 amide bonds. The van der Waals surface area contributed by atoms with Crippen LogP contribution in [0.4, 0.5) is 0 Å². The van der Waals surface area contributed by atoms with E-state index in [1.165, 1.54) is 39.5 Å². The number of aryl methyl sites for hydroxylation is 1. The van der Waals surface area contributed by atoms with Gasteiger partial charge in [-0.3, -0.25) is 4.79 Å². The summed E-state index contributed by atoms with van der Waals surface area (Å²) in [6.07, 6.45) is -7.84. The molecule has 5 N–H and O–H groups in total. The molecule has 34 heavy (non-hydrogen) atoms. The summed E-state index contributed by atoms with van der Waals surface area (Å²) in [7, 11) is 4.19. The number of aliphatic hydroxyl groups is 4. The van der Waals surface area contributed by atoms with Gasteiger partial charge in [0.1, 0.15) is 58.7 Å². The summed E-state index contributed by atoms with van der Waals surface area (Å²) >= 11 is 0. The van der Waals surface area contributed by atoms with Crippen molar-refractivity contribution in [3.8, 4) is 28.7 Å². The van der Waals surface area contributed by atoms with Crippen molar-refractivity contribution in [2.24, 2.45) is 0 Å². The zero-order chi connectivity index (χ0) is 25.2. The number of ketones is 1. The number of aromatic hydroxyl groups is 1. The Bertz CT molecular complexity index is 1040. The van der Waals surface area contributed by atoms with Gasteiger partial charge in [0.2, 0.25) is 12.1 Å². The van der Waals surface area contributed by atoms with E-state index in [-0.39, 0.29) is 28.4 Å². The third-order valence-corrected chi connectivity index (χ3v) is 5.56. The van der Waals surface area contributed by atoms with E-state index in [2.05, 4.69) is 0 Å². The van der Waals surface area contributed by atoms with Crippen LogP contribution in [-0.2, 0) is 4.74 Å². The second-order valence-corrected chi connectivity index (χ2v) is 7.69. The first-order chi connectivity index (χ1) is 16.2. The summed E-state index contributed by atoms with van der Waals surface area (Å²) in [6, 6.07) is 5.63. The zero-order valence-electron chi connectivity index (χ0n) is 19.1. The van der Waals surface area contributed by atoms with Crippen LogP contribution in [0.1, 0.15) is 21.5 Å². The van der Waals surface area contributed by atoms with Crippen molar-refractivity contribution in [1.82, 2.24) is 0 Å². The SMILES string of the molecule is COc1cc(C)c(C(=O)c2c(O)cc(OC)cc2O[C@@H]2O[C@H](CO)[C@@H](O)[C@H](O)[C@H]2O)c(OC)c1. The van der Waals surface area contributed by atoms with Crippen LogP contribution in [0.2, 0.25) is 0 Å². The van der Waals surface area contributed by atoms with E-state index in [0.29, 0.717) is 11.3 Å². The number of carbonyl (C=O) groups is 1. The number of methoxy groups -OCH3 is 3. The number of hydrogen-bond donors (Lipinski definition) is 5. The van der Waals surface area contributed by atoms with Crippen molar-refractivity contribution in [1.29, 1.82) is 0 Å². The maximum absolute atomic E-state index is 13.6. The van der Waals surface area contributed by atoms with Crippen LogP contribution in [0, 0.1) is 6.92 Å². The fourth-order valence-corrected chi connectivity index (χ4v) is 3.72. The van der Waals surface area contributed by atoms with Gasteiger partial charge in [-0.1, -0.05) is 0 Å². The van der Waals surface area contributed by atoms with Crippen LogP contribution in [0.3, 0.4) is 0 Å². The molecule has 0 unspecified atom stereocenters. The third-order valence-electron chi connectivity index (χ3n) is 5.56. The average molecular weight is 480 g/mol. The van der Waals surface area contributed by atoms with E-state index in [4.69, 9.17) is 23.7 Å². The molecule has 0 bridgehead atoms. The van der Waals surface area contributed by atoms with Crippen molar-refractivity contribution in [3.05, 3.63) is 41.0 Å². The molecule has 11 nitrogen and oxygen atoms in total. The van der Waals surface area contributed by atoms with Crippen molar-refractivity contribution < 1.29 is 54.0 Å². The highest BCUT2D eigenvalue weighted by molar-refractivity contribution is 6.15. The van der Waals surface area contributed by atoms with Gasteiger partial charge in [0.05, 0.1) is 33.5 Å². The fraction of sp³-hybridized carbons (Fsp3) is 0.435. The minimum absolute atomic E-state index is 0.127. The number of benzene rings is 2. The molecule has 5 atom stereocenters. The van der Waals surface area contributed by atoms with Gasteiger partial charge >= 0.3 is 0 Å². The predicted octanol–water partition coefficient (Wildman–Crippen LogP) is 0.136. The molecule has 1 aliphatic heterocycles. The number of carbonyl (C=O) groups excluding carboxylic acids is 1. The minimum Gasteiger partial charge on any atom is -0.507 e. The van der Waals surface area contributed by atoms with Gasteiger partial charge in [0.25, 0.3) is 0 Å². The quantitative estimate of drug-likeness (QED) is 0.326. The first-order valence-electron chi connectivity index (χ1n) is 10.3. The molecule has 0 aliphatic carbocycles. The van der Waals surface area contributed by atoms with Crippen LogP contribution in [0.5, 0.6) is 28.7 Å². The maximum atomic E-state index is 13.6. The Morgan fingerprint density at radius 3 is 2.09 bits per heavy atom. The lowest BCUT2D eigenvalue weighted by Gasteiger charge is -2.39. The molecule has 1 heterocycles. The van der Waals surface area contributed by atoms with Crippen LogP contribution >= 0.6 is 0 Å². The van der Waals surface area contributed by atoms with Crippen molar-refractivity contribution in [2.75, 3.05) is 27.9 Å². The second-order valence-electron chi connectivity index (χ2n) is 7.69. The molecule has 3 rings (SSSR count). The zero-order valence-corrected chi connectivity index (χ0v) is 19.1. The monoisotopic (exact) mass is 480 g/mol. The van der Waals surface area contributed by atoms with E-state index in [1.807, 2.05) is 0 Å². The van der Waals surface area contributed by atoms with Gasteiger partial charge in [-0.2, -0.15) is 0 Å². The van der Waals surface area contributed by atoms with Crippen molar-refractivity contribution in [2.45, 2.75) is 37.6 Å². The Morgan fingerprint density at radius 2 is 1.50 bits per heavy atom. The number of hydrogen-bond acceptors (Lipinski definition) is 11. The Balaban J connectivity index is 2.09. The van der Waals surface area contributed by atoms with Gasteiger partial charge in [0, 0.05) is 18.2 Å². The van der Waals surface area contributed by atoms with Gasteiger partial charge in [0.15, 0.2) is 0 Å². The summed E-state index contributed by atoms with van der Waals surface area (Å²) < 4.78 is 26.8. The first kappa shape index (κ1) is 25.5. The predicted molar refractivity (Wildman–Crippen MR) is 117 cm³/mol. The van der Waals surface area contributed by atoms with Crippen LogP contribution < -0.4 is 18.9 Å². The third kappa shape index (κ3) is 4.74. The Hall–Kier alpha value is -3.09. The lowest BCUT2D eigenvalue weighted by molar-refractivity contribution is -0.277. The van der Waals surface area contributed by atoms with E-state index in [0.717, 1.165) is 0 Å². The molecule has 2 aromatic carbocycles. The summed E-state index contributed by atoms with van der Waals surface area (Å²) in [5.41, 5.74) is 0.335. The highest BCUT2D eigenvalue weighted by Gasteiger charge is 2.45. The normalized spacial score (nSPS) is 24.4. The van der Waals surface area contributed by atoms with E-state index in [1.54, 1.807) is 13.0 Å². The van der Waals surface area contributed by atoms with Crippen LogP contribution in [0.15, 0.2) is 24.3 Å². The number of rotatable bonds is 8. The van der Waals surface area contributed by atoms with Crippen molar-refractivity contribution >= 4 is 5.78 Å². The standard InChI is InChI=1S/C23H28O11/c1-10-5-11(30-2)7-14(32-4)17(10)20(27)18-13(25)6-12(31-3)8-15(18)33-23-22(29)21(28)19(26)16(9-24)34-23/h5-8,16,19,21-26,28-29H,9H2,1-4H3/t16-,19-,21+,22-,23-/m1/s1. The molecular formula is C23H28O11. The number of phenolic OH excluding ortho intramolecular Hbond substituents is 1. The molecule has 11 heteroatoms. The van der Waals surface area contributed by atoms with E-state index in [9.17, 15) is 30.3 Å². The maximum Gasteiger partial charge on any atom is 0.229 e. The first-order valence-corrected chi connectivity index (χ1v) is 10.3. The molecule has 1 aliphatic rings. The Kier molecular flexibility index (Phi) is 7.85. The largest absolute Gasteiger partial charge is 0.507 e. The van der Waals surface area contributed by atoms with E-state index >= 15 is 0 Å². The molecule has 1 fully saturated rings. The Labute approximate surface area is 195 Å². The number of aliphatic hydroxyl groups excluding tert-OH is 4. The average Bonchev–Trinajstić information content (AvgIpc) is 2.82. The van der Waals surface area contributed by atoms with Crippen LogP contribution in [-0.4, -0.2) is 90.0 Å². The highest BCUT2D eigenvalue weighted by Crippen LogP contribution is 2.40. The highest BCUT2D eigenvalue weighted by atomic mass is 16.7. The van der Waals surface area contributed by atoms with Gasteiger partial charge in [-0.15, -0.1) is 0 Å². The van der Waals surface area contributed by atoms with Gasteiger partial charge < -0.3 is 49.2 Å². The van der Waals surface area contributed by atoms with Gasteiger partial charge in [-0.05, 0) is 18.6 Å². The Morgan fingerprint density at radius 1 is 0.882 bits per heavy atom. The molecule has 0 radical (unpaired) electrons. The lowest BCUT2D eigenvalue weighted by atomic mass is 9.96. The summed E-state index contributed by atoms with van der Waals surface area (Å²) in [5, 5.41) is 50.6. The smallest absolute Gasteiger partial charge is 0.229 e. The molecule has 2 aromatic rings. The molecule has 186 valence electrons. The van der Waals surface area contributed by atoms with E-state index < -0.39 is 48.8 Å². The molecular weight excluding hydrogens is 452 g/mol. The van der Waals surface area contributed by atoms with Crippen molar-refractivity contribution in [3.63, 3.8) is 0 Å². The molecule has 0 aromatic heterocycles. The summed E-state index contributed by atoms with van der Waals surface area (Å²) in [4.78, 5) is 13.6. The molecule has 0 spiro atoms. The van der Waals surface area contributed by atoms with Gasteiger partial charge in [-0.25, -0.2) is 0 Å². The molecule has 0 saturated carbocycles. The summed E-state index contributed by atoms with van der Waals surface area (Å²) in [6.45, 7) is 0.999. The minimum atomic E-state index is -1.73. The number of ether oxygens (including phenoxy) is 5. The number of phenols is 1. The lowest BCUT2D eigenvalue weighted by Crippen LogP contribution is -2.60.